The van der Waals surface area contributed by atoms with Crippen LogP contribution in [0.25, 0.3) is 0 Å². The van der Waals surface area contributed by atoms with E-state index in [0.29, 0.717) is 18.6 Å². The highest BCUT2D eigenvalue weighted by atomic mass is 16.6. The predicted octanol–water partition coefficient (Wildman–Crippen LogP) is 2.55. The summed E-state index contributed by atoms with van der Waals surface area (Å²) in [6.07, 6.45) is 5.55. The summed E-state index contributed by atoms with van der Waals surface area (Å²) in [5, 5.41) is 34.2. The summed E-state index contributed by atoms with van der Waals surface area (Å²) in [7, 11) is 0. The number of aliphatic carboxylic acids is 1. The molecule has 0 aromatic rings. The molecule has 4 rings (SSSR count). The minimum atomic E-state index is -1.08. The van der Waals surface area contributed by atoms with Crippen LogP contribution in [0.5, 0.6) is 0 Å². The second kappa shape index (κ2) is 7.45. The zero-order valence-electron chi connectivity index (χ0n) is 18.0. The van der Waals surface area contributed by atoms with Crippen LogP contribution in [0.1, 0.15) is 59.3 Å². The van der Waals surface area contributed by atoms with Crippen molar-refractivity contribution in [2.45, 2.75) is 71.5 Å². The number of nitrogens with zero attached hydrogens (tertiary/aromatic N) is 1. The number of hydrogen-bond acceptors (Lipinski definition) is 6. The van der Waals surface area contributed by atoms with Gasteiger partial charge in [0.25, 0.3) is 0 Å². The number of oxime groups is 1. The monoisotopic (exact) mass is 419 g/mol. The van der Waals surface area contributed by atoms with Gasteiger partial charge in [0.05, 0.1) is 17.9 Å². The van der Waals surface area contributed by atoms with E-state index in [1.165, 1.54) is 0 Å². The van der Waals surface area contributed by atoms with Gasteiger partial charge in [-0.25, -0.2) is 4.79 Å². The molecule has 166 valence electrons. The summed E-state index contributed by atoms with van der Waals surface area (Å²) in [6, 6.07) is 0. The summed E-state index contributed by atoms with van der Waals surface area (Å²) in [4.78, 5) is 28.5. The van der Waals surface area contributed by atoms with Crippen LogP contribution in [-0.4, -0.2) is 51.6 Å². The fourth-order valence-electron chi connectivity index (χ4n) is 7.41. The molecule has 0 amide bonds. The van der Waals surface area contributed by atoms with Gasteiger partial charge in [0, 0.05) is 11.8 Å². The van der Waals surface area contributed by atoms with Crippen LogP contribution in [0.2, 0.25) is 0 Å². The molecule has 0 aromatic carbocycles. The average Bonchev–Trinajstić information content (AvgIpc) is 2.92. The number of allylic oxidation sites excluding steroid dienone is 1. The SMILES string of the molecule is CC(=O)[C@H]1[C@H](O)CC2C3/C(=N/OCC(=O)O)C=C4C[C@@H](O)CC[C@]4(C)C3CC[C@@]21C. The quantitative estimate of drug-likeness (QED) is 0.603. The molecule has 3 N–H and O–H groups in total. The number of aliphatic hydroxyl groups excluding tert-OH is 2. The third-order valence-electron chi connectivity index (χ3n) is 8.76. The van der Waals surface area contributed by atoms with Gasteiger partial charge in [0.2, 0.25) is 6.61 Å². The molecule has 0 aromatic heterocycles. The number of carbonyl (C=O) groups is 2. The Morgan fingerprint density at radius 1 is 1.20 bits per heavy atom. The molecule has 30 heavy (non-hydrogen) atoms. The average molecular weight is 420 g/mol. The lowest BCUT2D eigenvalue weighted by molar-refractivity contribution is -0.142. The van der Waals surface area contributed by atoms with Crippen molar-refractivity contribution >= 4 is 17.5 Å². The lowest BCUT2D eigenvalue weighted by Gasteiger charge is -2.57. The predicted molar refractivity (Wildman–Crippen MR) is 110 cm³/mol. The molecule has 8 atom stereocenters. The van der Waals surface area contributed by atoms with E-state index in [1.54, 1.807) is 6.92 Å². The molecule has 0 heterocycles. The summed E-state index contributed by atoms with van der Waals surface area (Å²) in [6.45, 7) is 5.46. The van der Waals surface area contributed by atoms with E-state index in [-0.39, 0.29) is 46.4 Å². The lowest BCUT2D eigenvalue weighted by Crippen LogP contribution is -2.54. The van der Waals surface area contributed by atoms with Gasteiger partial charge in [-0.2, -0.15) is 0 Å². The van der Waals surface area contributed by atoms with Gasteiger partial charge in [-0.1, -0.05) is 24.6 Å². The third-order valence-corrected chi connectivity index (χ3v) is 8.76. The second-order valence-corrected chi connectivity index (χ2v) is 10.3. The van der Waals surface area contributed by atoms with Gasteiger partial charge < -0.3 is 20.2 Å². The molecule has 7 heteroatoms. The Hall–Kier alpha value is -1.73. The Labute approximate surface area is 177 Å². The van der Waals surface area contributed by atoms with Gasteiger partial charge in [-0.15, -0.1) is 0 Å². The molecule has 0 bridgehead atoms. The third kappa shape index (κ3) is 3.21. The van der Waals surface area contributed by atoms with Crippen LogP contribution in [0.15, 0.2) is 16.8 Å². The molecule has 7 nitrogen and oxygen atoms in total. The first-order chi connectivity index (χ1) is 14.1. The Bertz CT molecular complexity index is 806. The van der Waals surface area contributed by atoms with Gasteiger partial charge in [-0.05, 0) is 74.2 Å². The van der Waals surface area contributed by atoms with Crippen LogP contribution in [-0.2, 0) is 14.4 Å². The maximum Gasteiger partial charge on any atom is 0.344 e. The Morgan fingerprint density at radius 2 is 1.93 bits per heavy atom. The maximum atomic E-state index is 12.4. The standard InChI is InChI=1S/C23H33NO6/c1-12(25)21-18(27)10-16-20-15(5-7-23(16,21)3)22(2)6-4-14(26)8-13(22)9-17(20)24-30-11-19(28)29/h9,14-16,18,20-21,26-27H,4-8,10-11H2,1-3H3,(H,28,29)/b24-17+/t14-,15?,16?,18+,20?,21-,22-,23-/m0/s1. The van der Waals surface area contributed by atoms with Crippen LogP contribution >= 0.6 is 0 Å². The van der Waals surface area contributed by atoms with E-state index in [2.05, 4.69) is 19.0 Å². The van der Waals surface area contributed by atoms with Crippen molar-refractivity contribution in [3.05, 3.63) is 11.6 Å². The van der Waals surface area contributed by atoms with E-state index in [4.69, 9.17) is 9.94 Å². The first-order valence-electron chi connectivity index (χ1n) is 11.1. The number of fused-ring (bicyclic) bond motifs is 5. The number of carbonyl (C=O) groups excluding carboxylic acids is 1. The fraction of sp³-hybridized carbons (Fsp3) is 0.783. The fourth-order valence-corrected chi connectivity index (χ4v) is 7.41. The minimum Gasteiger partial charge on any atom is -0.479 e. The number of ketones is 1. The van der Waals surface area contributed by atoms with Crippen molar-refractivity contribution in [2.24, 2.45) is 39.7 Å². The highest BCUT2D eigenvalue weighted by Gasteiger charge is 2.63. The van der Waals surface area contributed by atoms with Crippen molar-refractivity contribution in [1.82, 2.24) is 0 Å². The molecule has 4 aliphatic rings. The van der Waals surface area contributed by atoms with E-state index in [1.807, 2.05) is 6.08 Å². The zero-order valence-corrected chi connectivity index (χ0v) is 18.0. The number of hydrogen-bond donors (Lipinski definition) is 3. The molecular formula is C23H33NO6. The summed E-state index contributed by atoms with van der Waals surface area (Å²) >= 11 is 0. The molecular weight excluding hydrogens is 386 g/mol. The van der Waals surface area contributed by atoms with Gasteiger partial charge in [0.15, 0.2) is 0 Å². The van der Waals surface area contributed by atoms with Crippen LogP contribution in [0.4, 0.5) is 0 Å². The topological polar surface area (TPSA) is 116 Å². The van der Waals surface area contributed by atoms with Crippen LogP contribution in [0.3, 0.4) is 0 Å². The van der Waals surface area contributed by atoms with Crippen molar-refractivity contribution in [2.75, 3.05) is 6.61 Å². The number of carboxylic acid groups (broad SMARTS) is 1. The second-order valence-electron chi connectivity index (χ2n) is 10.3. The highest BCUT2D eigenvalue weighted by Crippen LogP contribution is 2.65. The zero-order chi connectivity index (χ0) is 21.8. The Kier molecular flexibility index (Phi) is 5.34. The van der Waals surface area contributed by atoms with E-state index in [0.717, 1.165) is 31.3 Å². The molecule has 0 saturated heterocycles. The molecule has 3 saturated carbocycles. The van der Waals surface area contributed by atoms with Crippen molar-refractivity contribution in [3.63, 3.8) is 0 Å². The Balaban J connectivity index is 1.77. The Morgan fingerprint density at radius 3 is 2.60 bits per heavy atom. The smallest absolute Gasteiger partial charge is 0.344 e. The maximum absolute atomic E-state index is 12.4. The van der Waals surface area contributed by atoms with Gasteiger partial charge >= 0.3 is 5.97 Å². The minimum absolute atomic E-state index is 0.000498. The van der Waals surface area contributed by atoms with Crippen molar-refractivity contribution < 1.29 is 29.7 Å². The van der Waals surface area contributed by atoms with Crippen molar-refractivity contribution in [1.29, 1.82) is 0 Å². The first-order valence-corrected chi connectivity index (χ1v) is 11.1. The number of aliphatic hydroxyl groups is 2. The highest BCUT2D eigenvalue weighted by molar-refractivity contribution is 5.99. The molecule has 3 unspecified atom stereocenters. The van der Waals surface area contributed by atoms with Gasteiger partial charge in [0.1, 0.15) is 5.78 Å². The molecule has 0 spiro atoms. The van der Waals surface area contributed by atoms with Gasteiger partial charge in [-0.3, -0.25) is 4.79 Å². The molecule has 4 aliphatic carbocycles. The number of rotatable bonds is 4. The number of Topliss-reactive ketones (excluding diaryl/α,β-unsaturated/α-hetero) is 1. The summed E-state index contributed by atoms with van der Waals surface area (Å²) < 4.78 is 0. The first kappa shape index (κ1) is 21.5. The van der Waals surface area contributed by atoms with Crippen LogP contribution < -0.4 is 0 Å². The molecule has 3 fully saturated rings. The largest absolute Gasteiger partial charge is 0.479 e. The van der Waals surface area contributed by atoms with E-state index in [9.17, 15) is 19.8 Å². The van der Waals surface area contributed by atoms with E-state index >= 15 is 0 Å². The molecule has 0 radical (unpaired) electrons. The number of carboxylic acids is 1. The normalized spacial score (nSPS) is 46.4. The van der Waals surface area contributed by atoms with Crippen molar-refractivity contribution in [3.8, 4) is 0 Å². The summed E-state index contributed by atoms with van der Waals surface area (Å²) in [5.41, 5.74) is 1.49. The molecule has 0 aliphatic heterocycles. The lowest BCUT2D eigenvalue weighted by atomic mass is 9.47. The van der Waals surface area contributed by atoms with Crippen LogP contribution in [0, 0.1) is 34.5 Å². The summed E-state index contributed by atoms with van der Waals surface area (Å²) in [5.74, 6) is -1.08. The van der Waals surface area contributed by atoms with E-state index < -0.39 is 18.7 Å².